The number of phenols is 1. The minimum absolute atomic E-state index is 0.0156. The summed E-state index contributed by atoms with van der Waals surface area (Å²) in [7, 11) is 0. The van der Waals surface area contributed by atoms with Crippen molar-refractivity contribution < 1.29 is 18.8 Å². The minimum Gasteiger partial charge on any atom is -0.508 e. The van der Waals surface area contributed by atoms with Crippen LogP contribution in [-0.4, -0.2) is 65.4 Å². The van der Waals surface area contributed by atoms with E-state index in [9.17, 15) is 14.3 Å². The average Bonchev–Trinajstić information content (AvgIpc) is 3.36. The van der Waals surface area contributed by atoms with Crippen LogP contribution in [0.2, 0.25) is 0 Å². The first-order chi connectivity index (χ1) is 15.1. The van der Waals surface area contributed by atoms with E-state index in [1.54, 1.807) is 35.2 Å². The Morgan fingerprint density at radius 3 is 2.58 bits per heavy atom. The van der Waals surface area contributed by atoms with Crippen molar-refractivity contribution in [2.24, 2.45) is 0 Å². The van der Waals surface area contributed by atoms with Crippen LogP contribution in [0.15, 0.2) is 47.0 Å². The number of rotatable bonds is 5. The second kappa shape index (κ2) is 8.19. The zero-order chi connectivity index (χ0) is 21.4. The highest BCUT2D eigenvalue weighted by Gasteiger charge is 2.30. The molecule has 3 heterocycles. The number of halogens is 1. The number of likely N-dealkylation sites (tertiary alicyclic amines) is 1. The maximum absolute atomic E-state index is 13.4. The van der Waals surface area contributed by atoms with Crippen LogP contribution in [0, 0.1) is 5.82 Å². The number of nitrogens with zero attached hydrogens (tertiary/aromatic N) is 4. The van der Waals surface area contributed by atoms with E-state index in [0.717, 1.165) is 49.2 Å². The van der Waals surface area contributed by atoms with Gasteiger partial charge in [-0.15, -0.1) is 0 Å². The van der Waals surface area contributed by atoms with Gasteiger partial charge < -0.3 is 19.4 Å². The number of amides is 2. The van der Waals surface area contributed by atoms with Crippen LogP contribution in [-0.2, 0) is 0 Å². The molecule has 1 aromatic heterocycles. The number of anilines is 1. The standard InChI is InChI=1S/C23H25FN4O3/c24-17-1-6-20-21(15-17)31-25-22(20)16-7-9-26(10-8-16)11-12-27-13-14-28(23(27)30)18-2-4-19(29)5-3-18/h1-6,15-16,29H,7-14H2. The largest absolute Gasteiger partial charge is 0.508 e. The van der Waals surface area contributed by atoms with E-state index in [-0.39, 0.29) is 17.6 Å². The first kappa shape index (κ1) is 19.8. The zero-order valence-electron chi connectivity index (χ0n) is 17.2. The number of benzene rings is 2. The van der Waals surface area contributed by atoms with Gasteiger partial charge in [0.25, 0.3) is 0 Å². The molecule has 8 heteroatoms. The summed E-state index contributed by atoms with van der Waals surface area (Å²) in [6.45, 7) is 4.77. The van der Waals surface area contributed by atoms with E-state index >= 15 is 0 Å². The first-order valence-electron chi connectivity index (χ1n) is 10.7. The molecule has 5 rings (SSSR count). The summed E-state index contributed by atoms with van der Waals surface area (Å²) in [6, 6.07) is 11.3. The highest BCUT2D eigenvalue weighted by Crippen LogP contribution is 2.32. The second-order valence-electron chi connectivity index (χ2n) is 8.26. The predicted molar refractivity (Wildman–Crippen MR) is 115 cm³/mol. The van der Waals surface area contributed by atoms with Gasteiger partial charge in [0.05, 0.1) is 5.69 Å². The molecule has 2 amide bonds. The fraction of sp³-hybridized carbons (Fsp3) is 0.391. The molecule has 0 bridgehead atoms. The maximum atomic E-state index is 13.4. The number of aromatic hydroxyl groups is 1. The molecule has 1 N–H and O–H groups in total. The van der Waals surface area contributed by atoms with Crippen molar-refractivity contribution in [1.29, 1.82) is 0 Å². The van der Waals surface area contributed by atoms with Crippen molar-refractivity contribution in [1.82, 2.24) is 15.0 Å². The van der Waals surface area contributed by atoms with Gasteiger partial charge in [0.1, 0.15) is 11.6 Å². The number of piperidine rings is 1. The summed E-state index contributed by atoms with van der Waals surface area (Å²) in [5, 5.41) is 14.6. The van der Waals surface area contributed by atoms with E-state index in [4.69, 9.17) is 4.52 Å². The van der Waals surface area contributed by atoms with Gasteiger partial charge in [-0.25, -0.2) is 9.18 Å². The van der Waals surface area contributed by atoms with Gasteiger partial charge in [0, 0.05) is 49.2 Å². The van der Waals surface area contributed by atoms with Crippen LogP contribution in [0.1, 0.15) is 24.5 Å². The molecule has 0 radical (unpaired) electrons. The van der Waals surface area contributed by atoms with Gasteiger partial charge in [0.15, 0.2) is 5.58 Å². The Morgan fingerprint density at radius 1 is 1.03 bits per heavy atom. The molecule has 0 unspecified atom stereocenters. The van der Waals surface area contributed by atoms with Crippen molar-refractivity contribution >= 4 is 22.7 Å². The molecule has 2 aromatic carbocycles. The quantitative estimate of drug-likeness (QED) is 0.675. The van der Waals surface area contributed by atoms with Crippen molar-refractivity contribution in [3.05, 3.63) is 54.0 Å². The maximum Gasteiger partial charge on any atom is 0.324 e. The highest BCUT2D eigenvalue weighted by molar-refractivity contribution is 5.94. The molecular weight excluding hydrogens is 399 g/mol. The summed E-state index contributed by atoms with van der Waals surface area (Å²) in [4.78, 5) is 18.8. The molecule has 2 aliphatic heterocycles. The van der Waals surface area contributed by atoms with E-state index in [1.165, 1.54) is 12.1 Å². The third-order valence-corrected chi connectivity index (χ3v) is 6.38. The third-order valence-electron chi connectivity index (χ3n) is 6.38. The molecule has 0 atom stereocenters. The molecule has 2 saturated heterocycles. The lowest BCUT2D eigenvalue weighted by Gasteiger charge is -2.32. The molecule has 31 heavy (non-hydrogen) atoms. The minimum atomic E-state index is -0.314. The third kappa shape index (κ3) is 3.95. The second-order valence-corrected chi connectivity index (χ2v) is 8.26. The normalized spacial score (nSPS) is 18.4. The van der Waals surface area contributed by atoms with Gasteiger partial charge in [-0.3, -0.25) is 4.90 Å². The average molecular weight is 424 g/mol. The molecule has 162 valence electrons. The van der Waals surface area contributed by atoms with Gasteiger partial charge in [-0.2, -0.15) is 0 Å². The Balaban J connectivity index is 1.13. The van der Waals surface area contributed by atoms with Gasteiger partial charge in [-0.1, -0.05) is 5.16 Å². The van der Waals surface area contributed by atoms with E-state index in [1.807, 2.05) is 4.90 Å². The summed E-state index contributed by atoms with van der Waals surface area (Å²) >= 11 is 0. The van der Waals surface area contributed by atoms with E-state index in [0.29, 0.717) is 31.1 Å². The number of carbonyl (C=O) groups is 1. The predicted octanol–water partition coefficient (Wildman–Crippen LogP) is 3.79. The molecule has 0 aliphatic carbocycles. The molecule has 3 aromatic rings. The lowest BCUT2D eigenvalue weighted by molar-refractivity contribution is 0.180. The van der Waals surface area contributed by atoms with Crippen LogP contribution < -0.4 is 4.90 Å². The zero-order valence-corrected chi connectivity index (χ0v) is 17.2. The number of aromatic nitrogens is 1. The first-order valence-corrected chi connectivity index (χ1v) is 10.7. The molecular formula is C23H25FN4O3. The number of urea groups is 1. The summed E-state index contributed by atoms with van der Waals surface area (Å²) in [5.74, 6) is 0.188. The summed E-state index contributed by atoms with van der Waals surface area (Å²) < 4.78 is 18.7. The topological polar surface area (TPSA) is 73.1 Å². The molecule has 7 nitrogen and oxygen atoms in total. The smallest absolute Gasteiger partial charge is 0.324 e. The lowest BCUT2D eigenvalue weighted by Crippen LogP contribution is -2.41. The van der Waals surface area contributed by atoms with Crippen molar-refractivity contribution in [3.8, 4) is 5.75 Å². The van der Waals surface area contributed by atoms with Crippen LogP contribution >= 0.6 is 0 Å². The Kier molecular flexibility index (Phi) is 5.23. The van der Waals surface area contributed by atoms with Crippen LogP contribution in [0.3, 0.4) is 0 Å². The molecule has 0 spiro atoms. The Hall–Kier alpha value is -3.13. The Bertz CT molecular complexity index is 1080. The summed E-state index contributed by atoms with van der Waals surface area (Å²) in [5.41, 5.74) is 2.24. The van der Waals surface area contributed by atoms with Gasteiger partial charge >= 0.3 is 6.03 Å². The number of hydrogen-bond donors (Lipinski definition) is 1. The monoisotopic (exact) mass is 424 g/mol. The highest BCUT2D eigenvalue weighted by atomic mass is 19.1. The van der Waals surface area contributed by atoms with Crippen molar-refractivity contribution in [2.75, 3.05) is 44.2 Å². The van der Waals surface area contributed by atoms with Gasteiger partial charge in [-0.05, 0) is 62.3 Å². The van der Waals surface area contributed by atoms with Crippen LogP contribution in [0.5, 0.6) is 5.75 Å². The Labute approximate surface area is 179 Å². The fourth-order valence-corrected chi connectivity index (χ4v) is 4.58. The molecule has 2 fully saturated rings. The number of fused-ring (bicyclic) bond motifs is 1. The SMILES string of the molecule is O=C1N(CCN2CCC(c3noc4cc(F)ccc34)CC2)CCN1c1ccc(O)cc1. The molecule has 0 saturated carbocycles. The Morgan fingerprint density at radius 2 is 1.81 bits per heavy atom. The number of hydrogen-bond acceptors (Lipinski definition) is 5. The van der Waals surface area contributed by atoms with Crippen molar-refractivity contribution in [2.45, 2.75) is 18.8 Å². The number of phenolic OH excluding ortho intramolecular Hbond substituents is 1. The van der Waals surface area contributed by atoms with E-state index in [2.05, 4.69) is 10.1 Å². The van der Waals surface area contributed by atoms with Gasteiger partial charge in [0.2, 0.25) is 0 Å². The lowest BCUT2D eigenvalue weighted by atomic mass is 9.91. The fourth-order valence-electron chi connectivity index (χ4n) is 4.58. The molecule has 2 aliphatic rings. The van der Waals surface area contributed by atoms with Crippen LogP contribution in [0.25, 0.3) is 11.0 Å². The summed E-state index contributed by atoms with van der Waals surface area (Å²) in [6.07, 6.45) is 1.93. The van der Waals surface area contributed by atoms with Crippen LogP contribution in [0.4, 0.5) is 14.9 Å². The van der Waals surface area contributed by atoms with E-state index < -0.39 is 0 Å². The number of carbonyl (C=O) groups excluding carboxylic acids is 1. The van der Waals surface area contributed by atoms with Crippen molar-refractivity contribution in [3.63, 3.8) is 0 Å².